The summed E-state index contributed by atoms with van der Waals surface area (Å²) in [6.45, 7) is 14.3. The molecule has 0 radical (unpaired) electrons. The standard InChI is InChI=1S/C29H38O5/c1-28(2,3)23-13-11-21(15-25(23)31-17-19-7-8-19)33-27(30)34-22-12-14-24(29(4,5)6)26(16-22)32-18-20-9-10-20/h11-16,19-20H,7-10,17-18H2,1-6H3. The summed E-state index contributed by atoms with van der Waals surface area (Å²) in [4.78, 5) is 12.6. The van der Waals surface area contributed by atoms with Gasteiger partial charge in [-0.25, -0.2) is 4.79 Å². The van der Waals surface area contributed by atoms with Gasteiger partial charge in [-0.1, -0.05) is 53.7 Å². The summed E-state index contributed by atoms with van der Waals surface area (Å²) < 4.78 is 23.2. The first-order valence-electron chi connectivity index (χ1n) is 12.4. The minimum absolute atomic E-state index is 0.0798. The Kier molecular flexibility index (Phi) is 6.84. The molecule has 34 heavy (non-hydrogen) atoms. The second kappa shape index (κ2) is 9.52. The fourth-order valence-corrected chi connectivity index (χ4v) is 3.81. The van der Waals surface area contributed by atoms with Gasteiger partial charge >= 0.3 is 6.16 Å². The molecule has 5 heteroatoms. The maximum absolute atomic E-state index is 12.6. The van der Waals surface area contributed by atoms with Crippen molar-refractivity contribution >= 4 is 6.16 Å². The van der Waals surface area contributed by atoms with E-state index in [2.05, 4.69) is 41.5 Å². The molecule has 0 saturated heterocycles. The first kappa shape index (κ1) is 24.4. The van der Waals surface area contributed by atoms with Gasteiger partial charge < -0.3 is 18.9 Å². The predicted octanol–water partition coefficient (Wildman–Crippen LogP) is 7.44. The second-order valence-electron chi connectivity index (χ2n) is 11.8. The molecular formula is C29H38O5. The lowest BCUT2D eigenvalue weighted by Crippen LogP contribution is -2.17. The monoisotopic (exact) mass is 466 g/mol. The molecule has 2 aromatic rings. The smallest absolute Gasteiger partial charge is 0.493 e. The lowest BCUT2D eigenvalue weighted by Gasteiger charge is -2.24. The average molecular weight is 467 g/mol. The Hall–Kier alpha value is -2.69. The van der Waals surface area contributed by atoms with E-state index >= 15 is 0 Å². The van der Waals surface area contributed by atoms with Gasteiger partial charge in [-0.15, -0.1) is 0 Å². The summed E-state index contributed by atoms with van der Waals surface area (Å²) in [5.74, 6) is 3.59. The zero-order valence-electron chi connectivity index (χ0n) is 21.4. The van der Waals surface area contributed by atoms with Crippen molar-refractivity contribution in [2.45, 2.75) is 78.1 Å². The van der Waals surface area contributed by atoms with Crippen LogP contribution >= 0.6 is 0 Å². The van der Waals surface area contributed by atoms with Gasteiger partial charge in [0.15, 0.2) is 0 Å². The molecule has 2 saturated carbocycles. The molecule has 0 aliphatic heterocycles. The topological polar surface area (TPSA) is 54.0 Å². The number of benzene rings is 2. The molecule has 184 valence electrons. The Morgan fingerprint density at radius 3 is 1.41 bits per heavy atom. The molecular weight excluding hydrogens is 428 g/mol. The molecule has 2 fully saturated rings. The third-order valence-corrected chi connectivity index (χ3v) is 6.27. The van der Waals surface area contributed by atoms with Crippen molar-refractivity contribution in [3.05, 3.63) is 47.5 Å². The summed E-state index contributed by atoms with van der Waals surface area (Å²) in [5, 5.41) is 0. The number of rotatable bonds is 8. The maximum atomic E-state index is 12.6. The number of hydrogen-bond donors (Lipinski definition) is 0. The molecule has 2 aromatic carbocycles. The average Bonchev–Trinajstić information content (AvgIpc) is 3.64. The van der Waals surface area contributed by atoms with Gasteiger partial charge in [0.2, 0.25) is 0 Å². The van der Waals surface area contributed by atoms with E-state index in [1.165, 1.54) is 25.7 Å². The van der Waals surface area contributed by atoms with Gasteiger partial charge in [-0.3, -0.25) is 0 Å². The van der Waals surface area contributed by atoms with E-state index in [-0.39, 0.29) is 10.8 Å². The fraction of sp³-hybridized carbons (Fsp3) is 0.552. The summed E-state index contributed by atoms with van der Waals surface area (Å²) in [5.41, 5.74) is 2.01. The summed E-state index contributed by atoms with van der Waals surface area (Å²) in [7, 11) is 0. The van der Waals surface area contributed by atoms with Crippen molar-refractivity contribution in [1.82, 2.24) is 0 Å². The predicted molar refractivity (Wildman–Crippen MR) is 133 cm³/mol. The van der Waals surface area contributed by atoms with E-state index in [0.29, 0.717) is 36.5 Å². The van der Waals surface area contributed by atoms with E-state index in [1.54, 1.807) is 24.3 Å². The van der Waals surface area contributed by atoms with Gasteiger partial charge in [0.25, 0.3) is 0 Å². The van der Waals surface area contributed by atoms with Gasteiger partial charge in [0.05, 0.1) is 13.2 Å². The molecule has 2 aliphatic rings. The van der Waals surface area contributed by atoms with Gasteiger partial charge in [-0.05, 0) is 71.6 Å². The first-order valence-corrected chi connectivity index (χ1v) is 12.4. The molecule has 0 bridgehead atoms. The van der Waals surface area contributed by atoms with E-state index < -0.39 is 6.16 Å². The Bertz CT molecular complexity index is 938. The number of carbonyl (C=O) groups is 1. The van der Waals surface area contributed by atoms with Crippen LogP contribution in [0.2, 0.25) is 0 Å². The lowest BCUT2D eigenvalue weighted by atomic mass is 9.86. The van der Waals surface area contributed by atoms with Gasteiger partial charge in [0.1, 0.15) is 23.0 Å². The van der Waals surface area contributed by atoms with Crippen LogP contribution in [0, 0.1) is 11.8 Å². The van der Waals surface area contributed by atoms with Crippen LogP contribution in [0.25, 0.3) is 0 Å². The summed E-state index contributed by atoms with van der Waals surface area (Å²) >= 11 is 0. The molecule has 0 aromatic heterocycles. The molecule has 0 spiro atoms. The molecule has 2 aliphatic carbocycles. The van der Waals surface area contributed by atoms with Crippen molar-refractivity contribution < 1.29 is 23.7 Å². The molecule has 0 atom stereocenters. The highest BCUT2D eigenvalue weighted by Crippen LogP contribution is 2.38. The van der Waals surface area contributed by atoms with Crippen LogP contribution in [-0.2, 0) is 10.8 Å². The number of carbonyl (C=O) groups excluding carboxylic acids is 1. The van der Waals surface area contributed by atoms with Gasteiger partial charge in [-0.2, -0.15) is 0 Å². The van der Waals surface area contributed by atoms with Crippen LogP contribution < -0.4 is 18.9 Å². The second-order valence-corrected chi connectivity index (χ2v) is 11.8. The van der Waals surface area contributed by atoms with Crippen LogP contribution in [-0.4, -0.2) is 19.4 Å². The summed E-state index contributed by atoms with van der Waals surface area (Å²) in [6, 6.07) is 11.1. The van der Waals surface area contributed by atoms with Crippen molar-refractivity contribution in [1.29, 1.82) is 0 Å². The molecule has 0 unspecified atom stereocenters. The van der Waals surface area contributed by atoms with Crippen LogP contribution in [0.1, 0.15) is 78.4 Å². The summed E-state index contributed by atoms with van der Waals surface area (Å²) in [6.07, 6.45) is 4.08. The van der Waals surface area contributed by atoms with E-state index in [1.807, 2.05) is 12.1 Å². The Morgan fingerprint density at radius 1 is 0.706 bits per heavy atom. The normalized spacial score (nSPS) is 16.2. The Morgan fingerprint density at radius 2 is 1.09 bits per heavy atom. The van der Waals surface area contributed by atoms with E-state index in [4.69, 9.17) is 18.9 Å². The zero-order chi connectivity index (χ0) is 24.5. The van der Waals surface area contributed by atoms with Crippen LogP contribution in [0.4, 0.5) is 4.79 Å². The fourth-order valence-electron chi connectivity index (χ4n) is 3.81. The first-order chi connectivity index (χ1) is 16.0. The molecule has 5 nitrogen and oxygen atoms in total. The molecule has 0 heterocycles. The van der Waals surface area contributed by atoms with Crippen molar-refractivity contribution in [3.8, 4) is 23.0 Å². The Labute approximate surface area is 203 Å². The van der Waals surface area contributed by atoms with Crippen molar-refractivity contribution in [3.63, 3.8) is 0 Å². The number of ether oxygens (including phenoxy) is 4. The Balaban J connectivity index is 1.46. The zero-order valence-corrected chi connectivity index (χ0v) is 21.4. The third kappa shape index (κ3) is 6.68. The number of hydrogen-bond acceptors (Lipinski definition) is 5. The quantitative estimate of drug-likeness (QED) is 0.299. The van der Waals surface area contributed by atoms with E-state index in [0.717, 1.165) is 22.6 Å². The maximum Gasteiger partial charge on any atom is 0.519 e. The minimum atomic E-state index is -0.784. The van der Waals surface area contributed by atoms with Crippen LogP contribution in [0.5, 0.6) is 23.0 Å². The van der Waals surface area contributed by atoms with Crippen molar-refractivity contribution in [2.24, 2.45) is 11.8 Å². The van der Waals surface area contributed by atoms with Gasteiger partial charge in [0, 0.05) is 12.1 Å². The molecule has 0 amide bonds. The largest absolute Gasteiger partial charge is 0.519 e. The van der Waals surface area contributed by atoms with Crippen LogP contribution in [0.15, 0.2) is 36.4 Å². The molecule has 0 N–H and O–H groups in total. The van der Waals surface area contributed by atoms with E-state index in [9.17, 15) is 4.79 Å². The highest BCUT2D eigenvalue weighted by atomic mass is 16.7. The molecule has 4 rings (SSSR count). The highest BCUT2D eigenvalue weighted by Gasteiger charge is 2.26. The SMILES string of the molecule is CC(C)(C)c1ccc(OC(=O)Oc2ccc(C(C)(C)C)c(OCC3CC3)c2)cc1OCC1CC1. The highest BCUT2D eigenvalue weighted by molar-refractivity contribution is 5.68. The van der Waals surface area contributed by atoms with Crippen LogP contribution in [0.3, 0.4) is 0 Å². The lowest BCUT2D eigenvalue weighted by molar-refractivity contribution is 0.151. The van der Waals surface area contributed by atoms with Crippen molar-refractivity contribution in [2.75, 3.05) is 13.2 Å². The third-order valence-electron chi connectivity index (χ3n) is 6.27. The minimum Gasteiger partial charge on any atom is -0.493 e.